The monoisotopic (exact) mass is 326 g/mol. The van der Waals surface area contributed by atoms with Gasteiger partial charge in [-0.25, -0.2) is 4.79 Å². The summed E-state index contributed by atoms with van der Waals surface area (Å²) in [6.07, 6.45) is 2.92. The molecule has 0 N–H and O–H groups in total. The Kier molecular flexibility index (Phi) is 3.88. The summed E-state index contributed by atoms with van der Waals surface area (Å²) in [5, 5.41) is 4.04. The molecule has 5 heteroatoms. The normalized spacial score (nSPS) is 29.6. The summed E-state index contributed by atoms with van der Waals surface area (Å²) in [5.41, 5.74) is 1.46. The molecule has 0 amide bonds. The number of fused-ring (bicyclic) bond motifs is 2. The molecular weight excluding hydrogens is 304 g/mol. The lowest BCUT2D eigenvalue weighted by molar-refractivity contribution is -0.0177. The van der Waals surface area contributed by atoms with Crippen LogP contribution in [0.2, 0.25) is 0 Å². The number of ether oxygens (including phenoxy) is 1. The van der Waals surface area contributed by atoms with Crippen molar-refractivity contribution < 1.29 is 14.1 Å². The average Bonchev–Trinajstić information content (AvgIpc) is 3.10. The number of hydrogen-bond acceptors (Lipinski definition) is 5. The number of esters is 1. The minimum Gasteiger partial charge on any atom is -0.458 e. The van der Waals surface area contributed by atoms with Gasteiger partial charge in [-0.15, -0.1) is 0 Å². The first-order valence-electron chi connectivity index (χ1n) is 8.54. The van der Waals surface area contributed by atoms with E-state index in [4.69, 9.17) is 9.26 Å². The molecule has 0 spiro atoms. The molecule has 2 saturated heterocycles. The van der Waals surface area contributed by atoms with E-state index in [2.05, 4.69) is 17.1 Å². The fourth-order valence-corrected chi connectivity index (χ4v) is 4.24. The lowest BCUT2D eigenvalue weighted by Crippen LogP contribution is -2.49. The fraction of sp³-hybridized carbons (Fsp3) is 0.474. The number of aryl methyl sites for hydroxylation is 1. The third kappa shape index (κ3) is 2.63. The maximum absolute atomic E-state index is 12.5. The SMILES string of the molecule is Cc1cc(C2C(OC(=O)c3ccccc3)CC3CCC2N3C)on1. The molecule has 4 atom stereocenters. The van der Waals surface area contributed by atoms with Crippen molar-refractivity contribution in [1.82, 2.24) is 10.1 Å². The van der Waals surface area contributed by atoms with Crippen LogP contribution in [0.25, 0.3) is 0 Å². The maximum atomic E-state index is 12.5. The zero-order valence-corrected chi connectivity index (χ0v) is 14.0. The van der Waals surface area contributed by atoms with Crippen molar-refractivity contribution in [3.05, 3.63) is 53.4 Å². The second-order valence-corrected chi connectivity index (χ2v) is 6.91. The van der Waals surface area contributed by atoms with Gasteiger partial charge in [0.05, 0.1) is 17.2 Å². The number of carbonyl (C=O) groups is 1. The highest BCUT2D eigenvalue weighted by molar-refractivity contribution is 5.89. The zero-order valence-electron chi connectivity index (χ0n) is 14.0. The van der Waals surface area contributed by atoms with E-state index in [-0.39, 0.29) is 18.0 Å². The molecule has 0 radical (unpaired) electrons. The summed E-state index contributed by atoms with van der Waals surface area (Å²) in [6.45, 7) is 1.92. The average molecular weight is 326 g/mol. The molecule has 2 aromatic rings. The second-order valence-electron chi connectivity index (χ2n) is 6.91. The van der Waals surface area contributed by atoms with Crippen LogP contribution in [0.3, 0.4) is 0 Å². The minimum absolute atomic E-state index is 0.0441. The Morgan fingerprint density at radius 3 is 2.79 bits per heavy atom. The van der Waals surface area contributed by atoms with Crippen LogP contribution >= 0.6 is 0 Å². The molecule has 4 rings (SSSR count). The summed E-state index contributed by atoms with van der Waals surface area (Å²) < 4.78 is 11.5. The summed E-state index contributed by atoms with van der Waals surface area (Å²) >= 11 is 0. The van der Waals surface area contributed by atoms with Crippen molar-refractivity contribution in [2.45, 2.75) is 50.3 Å². The summed E-state index contributed by atoms with van der Waals surface area (Å²) in [6, 6.07) is 12.0. The Morgan fingerprint density at radius 1 is 1.29 bits per heavy atom. The second kappa shape index (κ2) is 6.06. The van der Waals surface area contributed by atoms with Crippen molar-refractivity contribution in [3.8, 4) is 0 Å². The van der Waals surface area contributed by atoms with Crippen LogP contribution in [-0.4, -0.2) is 41.3 Å². The van der Waals surface area contributed by atoms with Gasteiger partial charge in [0, 0.05) is 24.6 Å². The van der Waals surface area contributed by atoms with E-state index in [0.717, 1.165) is 30.7 Å². The third-order valence-corrected chi connectivity index (χ3v) is 5.46. The van der Waals surface area contributed by atoms with Crippen LogP contribution in [0, 0.1) is 6.92 Å². The molecular formula is C19H22N2O3. The first kappa shape index (κ1) is 15.4. The van der Waals surface area contributed by atoms with Gasteiger partial charge in [0.2, 0.25) is 0 Å². The van der Waals surface area contributed by atoms with Crippen LogP contribution in [0.5, 0.6) is 0 Å². The Hall–Kier alpha value is -2.14. The van der Waals surface area contributed by atoms with Gasteiger partial charge in [-0.3, -0.25) is 4.90 Å². The molecule has 4 unspecified atom stereocenters. The largest absolute Gasteiger partial charge is 0.458 e. The minimum atomic E-state index is -0.259. The van der Waals surface area contributed by atoms with Crippen molar-refractivity contribution >= 4 is 5.97 Å². The maximum Gasteiger partial charge on any atom is 0.338 e. The van der Waals surface area contributed by atoms with Gasteiger partial charge in [-0.1, -0.05) is 23.4 Å². The number of likely N-dealkylation sites (N-methyl/N-ethyl adjacent to an activating group) is 1. The summed E-state index contributed by atoms with van der Waals surface area (Å²) in [7, 11) is 2.16. The van der Waals surface area contributed by atoms with Crippen LogP contribution in [0.15, 0.2) is 40.9 Å². The molecule has 126 valence electrons. The molecule has 3 heterocycles. The smallest absolute Gasteiger partial charge is 0.338 e. The van der Waals surface area contributed by atoms with E-state index in [1.807, 2.05) is 31.2 Å². The molecule has 2 aliphatic heterocycles. The van der Waals surface area contributed by atoms with E-state index in [1.54, 1.807) is 12.1 Å². The number of piperidine rings is 1. The molecule has 1 aromatic carbocycles. The summed E-state index contributed by atoms with van der Waals surface area (Å²) in [5.74, 6) is 0.615. The van der Waals surface area contributed by atoms with Crippen LogP contribution < -0.4 is 0 Å². The lowest BCUT2D eigenvalue weighted by Gasteiger charge is -2.41. The van der Waals surface area contributed by atoms with Crippen LogP contribution in [0.4, 0.5) is 0 Å². The first-order chi connectivity index (χ1) is 11.6. The Morgan fingerprint density at radius 2 is 2.08 bits per heavy atom. The molecule has 1 aromatic heterocycles. The highest BCUT2D eigenvalue weighted by atomic mass is 16.5. The Balaban J connectivity index is 1.61. The number of nitrogens with zero attached hydrogens (tertiary/aromatic N) is 2. The zero-order chi connectivity index (χ0) is 16.7. The van der Waals surface area contributed by atoms with E-state index < -0.39 is 0 Å². The summed E-state index contributed by atoms with van der Waals surface area (Å²) in [4.78, 5) is 14.9. The predicted molar refractivity (Wildman–Crippen MR) is 88.8 cm³/mol. The molecule has 5 nitrogen and oxygen atoms in total. The van der Waals surface area contributed by atoms with Gasteiger partial charge in [0.15, 0.2) is 0 Å². The number of benzene rings is 1. The standard InChI is InChI=1S/C19H22N2O3/c1-12-10-17(24-20-12)18-15-9-8-14(21(15)2)11-16(18)23-19(22)13-6-4-3-5-7-13/h3-7,10,14-16,18H,8-9,11H2,1-2H3. The number of rotatable bonds is 3. The molecule has 2 fully saturated rings. The Labute approximate surface area is 141 Å². The van der Waals surface area contributed by atoms with Crippen molar-refractivity contribution in [2.24, 2.45) is 0 Å². The molecule has 2 aliphatic rings. The highest BCUT2D eigenvalue weighted by Crippen LogP contribution is 2.44. The number of aromatic nitrogens is 1. The van der Waals surface area contributed by atoms with Gasteiger partial charge in [0.1, 0.15) is 11.9 Å². The topological polar surface area (TPSA) is 55.6 Å². The van der Waals surface area contributed by atoms with Gasteiger partial charge in [0.25, 0.3) is 0 Å². The van der Waals surface area contributed by atoms with Gasteiger partial charge in [-0.05, 0) is 38.9 Å². The van der Waals surface area contributed by atoms with Gasteiger partial charge < -0.3 is 9.26 Å². The van der Waals surface area contributed by atoms with Crippen molar-refractivity contribution in [2.75, 3.05) is 7.05 Å². The van der Waals surface area contributed by atoms with Gasteiger partial charge >= 0.3 is 5.97 Å². The van der Waals surface area contributed by atoms with Gasteiger partial charge in [-0.2, -0.15) is 0 Å². The van der Waals surface area contributed by atoms with Crippen molar-refractivity contribution in [1.29, 1.82) is 0 Å². The van der Waals surface area contributed by atoms with Crippen LogP contribution in [-0.2, 0) is 4.74 Å². The van der Waals surface area contributed by atoms with E-state index in [9.17, 15) is 4.79 Å². The van der Waals surface area contributed by atoms with E-state index in [0.29, 0.717) is 17.6 Å². The lowest BCUT2D eigenvalue weighted by atomic mass is 9.85. The quantitative estimate of drug-likeness (QED) is 0.811. The highest BCUT2D eigenvalue weighted by Gasteiger charge is 2.49. The fourth-order valence-electron chi connectivity index (χ4n) is 4.24. The third-order valence-electron chi connectivity index (χ3n) is 5.46. The number of hydrogen-bond donors (Lipinski definition) is 0. The predicted octanol–water partition coefficient (Wildman–Crippen LogP) is 3.16. The molecule has 0 aliphatic carbocycles. The first-order valence-corrected chi connectivity index (χ1v) is 8.54. The van der Waals surface area contributed by atoms with E-state index >= 15 is 0 Å². The van der Waals surface area contributed by atoms with Crippen LogP contribution in [0.1, 0.15) is 47.0 Å². The molecule has 24 heavy (non-hydrogen) atoms. The van der Waals surface area contributed by atoms with Crippen molar-refractivity contribution in [3.63, 3.8) is 0 Å². The molecule has 2 bridgehead atoms. The Bertz CT molecular complexity index is 727. The molecule has 0 saturated carbocycles. The van der Waals surface area contributed by atoms with E-state index in [1.165, 1.54) is 0 Å². The number of carbonyl (C=O) groups excluding carboxylic acids is 1.